The van der Waals surface area contributed by atoms with Crippen LogP contribution in [0.5, 0.6) is 0 Å². The van der Waals surface area contributed by atoms with Crippen molar-refractivity contribution in [3.63, 3.8) is 0 Å². The largest absolute Gasteiger partial charge is 0.502 e. The fraction of sp³-hybridized carbons (Fsp3) is 0. The highest BCUT2D eigenvalue weighted by molar-refractivity contribution is 6.64. The van der Waals surface area contributed by atoms with Crippen LogP contribution in [0.2, 0.25) is 0 Å². The fourth-order valence-electron chi connectivity index (χ4n) is 0.883. The molecule has 5 heteroatoms. The van der Waals surface area contributed by atoms with Crippen molar-refractivity contribution in [1.82, 2.24) is 0 Å². The Morgan fingerprint density at radius 2 is 1.92 bits per heavy atom. The molecule has 0 spiro atoms. The minimum Gasteiger partial charge on any atom is -0.445 e. The second-order valence-corrected chi connectivity index (χ2v) is 2.65. The molecular formula is C8H8BF3N-. The van der Waals surface area contributed by atoms with Crippen LogP contribution in [0.1, 0.15) is 5.56 Å². The zero-order valence-corrected chi connectivity index (χ0v) is 6.75. The van der Waals surface area contributed by atoms with Crippen LogP contribution in [0, 0.1) is 0 Å². The lowest BCUT2D eigenvalue weighted by atomic mass is 9.90. The average molecular weight is 186 g/mol. The molecule has 0 amide bonds. The number of rotatable bonds is 2. The summed E-state index contributed by atoms with van der Waals surface area (Å²) in [5.41, 5.74) is 6.30. The first kappa shape index (κ1) is 9.70. The summed E-state index contributed by atoms with van der Waals surface area (Å²) in [7, 11) is 0. The molecule has 1 aromatic carbocycles. The quantitative estimate of drug-likeness (QED) is 0.557. The zero-order chi connectivity index (χ0) is 9.90. The molecule has 1 nitrogen and oxygen atoms in total. The molecule has 1 rings (SSSR count). The molecule has 0 atom stereocenters. The van der Waals surface area contributed by atoms with Gasteiger partial charge in [-0.25, -0.2) is 0 Å². The van der Waals surface area contributed by atoms with Crippen molar-refractivity contribution >= 4 is 18.7 Å². The first-order valence-electron chi connectivity index (χ1n) is 3.72. The van der Waals surface area contributed by atoms with E-state index in [9.17, 15) is 12.9 Å². The van der Waals surface area contributed by atoms with Gasteiger partial charge in [-0.05, 0) is 17.7 Å². The topological polar surface area (TPSA) is 26.0 Å². The Bertz CT molecular complexity index is 319. The molecule has 0 fully saturated rings. The van der Waals surface area contributed by atoms with Crippen LogP contribution < -0.4 is 5.73 Å². The van der Waals surface area contributed by atoms with Crippen LogP contribution in [-0.2, 0) is 0 Å². The van der Waals surface area contributed by atoms with Crippen LogP contribution >= 0.6 is 0 Å². The van der Waals surface area contributed by atoms with E-state index in [4.69, 9.17) is 5.73 Å². The number of nitrogens with two attached hydrogens (primary N) is 1. The second-order valence-electron chi connectivity index (χ2n) is 2.65. The molecule has 0 saturated carbocycles. The van der Waals surface area contributed by atoms with Crippen molar-refractivity contribution in [1.29, 1.82) is 0 Å². The van der Waals surface area contributed by atoms with Crippen molar-refractivity contribution in [2.45, 2.75) is 0 Å². The third-order valence-corrected chi connectivity index (χ3v) is 1.42. The number of halogens is 3. The second kappa shape index (κ2) is 3.55. The Balaban J connectivity index is 2.80. The van der Waals surface area contributed by atoms with E-state index in [0.29, 0.717) is 11.3 Å². The Morgan fingerprint density at radius 1 is 1.23 bits per heavy atom. The molecule has 0 unspecified atom stereocenters. The maximum atomic E-state index is 11.8. The van der Waals surface area contributed by atoms with Gasteiger partial charge in [0.25, 0.3) is 0 Å². The van der Waals surface area contributed by atoms with Crippen LogP contribution in [0.25, 0.3) is 6.08 Å². The van der Waals surface area contributed by atoms with Gasteiger partial charge >= 0.3 is 6.98 Å². The van der Waals surface area contributed by atoms with Crippen LogP contribution in [0.3, 0.4) is 0 Å². The molecule has 0 aromatic heterocycles. The van der Waals surface area contributed by atoms with Gasteiger partial charge in [0.2, 0.25) is 0 Å². The van der Waals surface area contributed by atoms with Crippen molar-refractivity contribution < 1.29 is 12.9 Å². The molecule has 13 heavy (non-hydrogen) atoms. The number of hydrogen-bond donors (Lipinski definition) is 1. The highest BCUT2D eigenvalue weighted by atomic mass is 19.4. The lowest BCUT2D eigenvalue weighted by Gasteiger charge is -2.06. The molecule has 0 radical (unpaired) electrons. The van der Waals surface area contributed by atoms with E-state index in [2.05, 4.69) is 0 Å². The third-order valence-electron chi connectivity index (χ3n) is 1.42. The minimum atomic E-state index is -4.86. The van der Waals surface area contributed by atoms with Gasteiger partial charge in [0.15, 0.2) is 0 Å². The van der Waals surface area contributed by atoms with E-state index < -0.39 is 6.98 Å². The Kier molecular flexibility index (Phi) is 2.65. The summed E-state index contributed by atoms with van der Waals surface area (Å²) in [6.45, 7) is -4.86. The number of benzene rings is 1. The van der Waals surface area contributed by atoms with E-state index in [1.165, 1.54) is 6.07 Å². The average Bonchev–Trinajstić information content (AvgIpc) is 2.00. The zero-order valence-electron chi connectivity index (χ0n) is 6.75. The lowest BCUT2D eigenvalue weighted by Crippen LogP contribution is -2.09. The number of anilines is 1. The molecule has 0 saturated heterocycles. The predicted molar refractivity (Wildman–Crippen MR) is 49.0 cm³/mol. The highest BCUT2D eigenvalue weighted by Crippen LogP contribution is 2.14. The maximum absolute atomic E-state index is 11.8. The van der Waals surface area contributed by atoms with E-state index in [1.54, 1.807) is 18.2 Å². The molecular weight excluding hydrogens is 178 g/mol. The van der Waals surface area contributed by atoms with Crippen LogP contribution in [-0.4, -0.2) is 6.98 Å². The molecule has 0 heterocycles. The Labute approximate surface area is 74.1 Å². The number of nitrogen functional groups attached to an aromatic ring is 1. The van der Waals surface area contributed by atoms with Crippen molar-refractivity contribution in [2.24, 2.45) is 0 Å². The number of hydrogen-bond acceptors (Lipinski definition) is 1. The third kappa shape index (κ3) is 3.69. The summed E-state index contributed by atoms with van der Waals surface area (Å²) in [6.07, 6.45) is 1.01. The summed E-state index contributed by atoms with van der Waals surface area (Å²) in [6, 6.07) is 6.28. The normalized spacial score (nSPS) is 12.2. The van der Waals surface area contributed by atoms with Crippen molar-refractivity contribution in [3.8, 4) is 0 Å². The Morgan fingerprint density at radius 3 is 2.46 bits per heavy atom. The predicted octanol–water partition coefficient (Wildman–Crippen LogP) is 2.67. The van der Waals surface area contributed by atoms with Gasteiger partial charge in [-0.3, -0.25) is 0 Å². The van der Waals surface area contributed by atoms with Gasteiger partial charge in [-0.1, -0.05) is 18.2 Å². The van der Waals surface area contributed by atoms with E-state index >= 15 is 0 Å². The molecule has 0 aliphatic heterocycles. The van der Waals surface area contributed by atoms with E-state index in [-0.39, 0.29) is 5.98 Å². The van der Waals surface area contributed by atoms with Gasteiger partial charge < -0.3 is 18.7 Å². The smallest absolute Gasteiger partial charge is 0.445 e. The van der Waals surface area contributed by atoms with Gasteiger partial charge in [-0.2, -0.15) is 0 Å². The van der Waals surface area contributed by atoms with Gasteiger partial charge in [0.05, 0.1) is 0 Å². The SMILES string of the molecule is Nc1cccc(/C=C/[B-](F)(F)F)c1. The summed E-state index contributed by atoms with van der Waals surface area (Å²) in [4.78, 5) is 0. The van der Waals surface area contributed by atoms with Gasteiger partial charge in [0, 0.05) is 5.69 Å². The Hall–Kier alpha value is -1.39. The van der Waals surface area contributed by atoms with Crippen LogP contribution in [0.4, 0.5) is 18.6 Å². The summed E-state index contributed by atoms with van der Waals surface area (Å²) in [5.74, 6) is 0.245. The van der Waals surface area contributed by atoms with Crippen molar-refractivity contribution in [2.75, 3.05) is 5.73 Å². The molecule has 0 aliphatic rings. The lowest BCUT2D eigenvalue weighted by molar-refractivity contribution is 0.499. The van der Waals surface area contributed by atoms with Gasteiger partial charge in [0.1, 0.15) is 0 Å². The maximum Gasteiger partial charge on any atom is 0.502 e. The van der Waals surface area contributed by atoms with Gasteiger partial charge in [-0.15, -0.1) is 5.98 Å². The first-order chi connectivity index (χ1) is 5.97. The first-order valence-corrected chi connectivity index (χ1v) is 3.72. The molecule has 70 valence electrons. The van der Waals surface area contributed by atoms with Crippen LogP contribution in [0.15, 0.2) is 30.2 Å². The highest BCUT2D eigenvalue weighted by Gasteiger charge is 2.16. The monoisotopic (exact) mass is 186 g/mol. The minimum absolute atomic E-state index is 0.245. The molecule has 0 bridgehead atoms. The summed E-state index contributed by atoms with van der Waals surface area (Å²) in [5, 5.41) is 0. The van der Waals surface area contributed by atoms with Crippen molar-refractivity contribution in [3.05, 3.63) is 35.8 Å². The molecule has 2 N–H and O–H groups in total. The molecule has 1 aromatic rings. The summed E-state index contributed by atoms with van der Waals surface area (Å²) < 4.78 is 35.4. The summed E-state index contributed by atoms with van der Waals surface area (Å²) >= 11 is 0. The standard InChI is InChI=1S/C8H8BF3N/c10-9(11,12)5-4-7-2-1-3-8(13)6-7/h1-6H,13H2/q-1/b5-4+. The van der Waals surface area contributed by atoms with E-state index in [0.717, 1.165) is 6.08 Å². The fourth-order valence-corrected chi connectivity index (χ4v) is 0.883. The molecule has 0 aliphatic carbocycles. The van der Waals surface area contributed by atoms with E-state index in [1.807, 2.05) is 0 Å².